The van der Waals surface area contributed by atoms with Gasteiger partial charge in [-0.2, -0.15) is 0 Å². The number of hydrogen-bond acceptors (Lipinski definition) is 2. The van der Waals surface area contributed by atoms with Crippen molar-refractivity contribution < 1.29 is 28.7 Å². The highest BCUT2D eigenvalue weighted by Gasteiger charge is 2.25. The Morgan fingerprint density at radius 2 is 1.06 bits per heavy atom. The first-order chi connectivity index (χ1) is 16.6. The maximum absolute atomic E-state index is 8.70. The molecule has 0 amide bonds. The van der Waals surface area contributed by atoms with E-state index in [0.717, 1.165) is 6.42 Å². The standard InChI is InChI=1S/C28H34.2HO3P/c1-8-20-18-24(27(2,3)4)19-25(28(5,6)7)26(20)23-16-14-22(15-17-23)21-12-10-9-11-13-21;2*1-4(2)3/h9-19H,8H2,1-7H3;2*(H-,1,2,3)/p+2. The summed E-state index contributed by atoms with van der Waals surface area (Å²) in [5, 5.41) is 0. The summed E-state index contributed by atoms with van der Waals surface area (Å²) in [6.45, 7) is 16.2. The molecule has 3 aromatic carbocycles. The maximum Gasteiger partial charge on any atom is 0.692 e. The van der Waals surface area contributed by atoms with Crippen molar-refractivity contribution in [1.29, 1.82) is 0 Å². The van der Waals surface area contributed by atoms with Crippen molar-refractivity contribution in [2.75, 3.05) is 0 Å². The molecule has 0 unspecified atom stereocenters. The Kier molecular flexibility index (Phi) is 12.2. The van der Waals surface area contributed by atoms with Crippen LogP contribution in [0.25, 0.3) is 22.3 Å². The molecule has 0 aliphatic heterocycles. The second-order valence-electron chi connectivity index (χ2n) is 10.4. The molecular weight excluding hydrogens is 494 g/mol. The average Bonchev–Trinajstić information content (AvgIpc) is 2.77. The van der Waals surface area contributed by atoms with Crippen LogP contribution in [0, 0.1) is 0 Å². The molecule has 0 atom stereocenters. The molecule has 0 fully saturated rings. The highest BCUT2D eigenvalue weighted by Crippen LogP contribution is 2.40. The fraction of sp³-hybridized carbons (Fsp3) is 0.357. The lowest BCUT2D eigenvalue weighted by Gasteiger charge is -2.30. The van der Waals surface area contributed by atoms with Gasteiger partial charge in [-0.25, -0.2) is 0 Å². The lowest BCUT2D eigenvalue weighted by Crippen LogP contribution is -2.18. The van der Waals surface area contributed by atoms with Crippen LogP contribution < -0.4 is 0 Å². The quantitative estimate of drug-likeness (QED) is 0.261. The van der Waals surface area contributed by atoms with Gasteiger partial charge in [0, 0.05) is 9.13 Å². The van der Waals surface area contributed by atoms with Gasteiger partial charge in [-0.3, -0.25) is 0 Å². The fourth-order valence-corrected chi connectivity index (χ4v) is 3.81. The molecule has 0 aliphatic carbocycles. The molecule has 0 aliphatic rings. The van der Waals surface area contributed by atoms with E-state index in [1.807, 2.05) is 0 Å². The molecule has 36 heavy (non-hydrogen) atoms. The molecule has 3 rings (SSSR count). The van der Waals surface area contributed by atoms with Crippen molar-refractivity contribution in [2.45, 2.75) is 65.7 Å². The first kappa shape index (κ1) is 31.7. The summed E-state index contributed by atoms with van der Waals surface area (Å²) in [6, 6.07) is 24.6. The van der Waals surface area contributed by atoms with Gasteiger partial charge in [-0.1, -0.05) is 115 Å². The minimum Gasteiger partial charge on any atom is -0.134 e. The number of aryl methyl sites for hydroxylation is 1. The highest BCUT2D eigenvalue weighted by atomic mass is 31.1. The van der Waals surface area contributed by atoms with Crippen LogP contribution in [0.4, 0.5) is 0 Å². The molecule has 0 aromatic heterocycles. The number of hydrogen-bond donors (Lipinski definition) is 4. The van der Waals surface area contributed by atoms with Gasteiger partial charge in [-0.05, 0) is 56.2 Å². The topological polar surface area (TPSA) is 115 Å². The summed E-state index contributed by atoms with van der Waals surface area (Å²) >= 11 is 0. The van der Waals surface area contributed by atoms with E-state index in [0.29, 0.717) is 0 Å². The van der Waals surface area contributed by atoms with Crippen molar-refractivity contribution in [3.8, 4) is 22.3 Å². The summed E-state index contributed by atoms with van der Waals surface area (Å²) in [5.74, 6) is 0. The molecule has 0 bridgehead atoms. The van der Waals surface area contributed by atoms with Crippen molar-refractivity contribution in [1.82, 2.24) is 0 Å². The molecule has 4 N–H and O–H groups in total. The SMILES string of the molecule is CCc1cc(C(C)(C)C)cc(C(C)(C)C)c1-c1ccc(-c2ccccc2)cc1.O=[P+](O)O.O=[P+](O)O. The minimum atomic E-state index is -2.87. The van der Waals surface area contributed by atoms with Crippen molar-refractivity contribution >= 4 is 16.5 Å². The molecule has 8 heteroatoms. The second kappa shape index (κ2) is 13.9. The molecule has 0 spiro atoms. The Bertz CT molecular complexity index is 1130. The molecular formula is C28H38O6P2+2. The minimum absolute atomic E-state index is 0.0958. The average molecular weight is 533 g/mol. The van der Waals surface area contributed by atoms with Gasteiger partial charge in [0.25, 0.3) is 0 Å². The van der Waals surface area contributed by atoms with E-state index in [-0.39, 0.29) is 10.8 Å². The summed E-state index contributed by atoms with van der Waals surface area (Å²) in [7, 11) is -5.74. The Morgan fingerprint density at radius 3 is 1.44 bits per heavy atom. The largest absolute Gasteiger partial charge is 0.692 e. The van der Waals surface area contributed by atoms with E-state index >= 15 is 0 Å². The Labute approximate surface area is 216 Å². The molecule has 6 nitrogen and oxygen atoms in total. The van der Waals surface area contributed by atoms with Gasteiger partial charge in [-0.15, -0.1) is 19.6 Å². The van der Waals surface area contributed by atoms with Gasteiger partial charge < -0.3 is 0 Å². The highest BCUT2D eigenvalue weighted by molar-refractivity contribution is 7.31. The van der Waals surface area contributed by atoms with Crippen LogP contribution in [-0.4, -0.2) is 19.6 Å². The van der Waals surface area contributed by atoms with Crippen LogP contribution >= 0.6 is 16.5 Å². The van der Waals surface area contributed by atoms with Crippen LogP contribution in [0.2, 0.25) is 0 Å². The lowest BCUT2D eigenvalue weighted by molar-refractivity contribution is 0.403. The molecule has 0 heterocycles. The molecule has 0 radical (unpaired) electrons. The smallest absolute Gasteiger partial charge is 0.134 e. The van der Waals surface area contributed by atoms with Crippen molar-refractivity contribution in [3.63, 3.8) is 0 Å². The number of benzene rings is 3. The Hall–Kier alpha value is -2.30. The second-order valence-corrected chi connectivity index (χ2v) is 11.4. The third-order valence-electron chi connectivity index (χ3n) is 5.56. The zero-order chi connectivity index (χ0) is 27.7. The predicted molar refractivity (Wildman–Crippen MR) is 148 cm³/mol. The van der Waals surface area contributed by atoms with Crippen molar-refractivity contribution in [2.24, 2.45) is 0 Å². The van der Waals surface area contributed by atoms with Crippen LogP contribution in [-0.2, 0) is 26.4 Å². The zero-order valence-corrected chi connectivity index (χ0v) is 23.8. The molecule has 0 saturated heterocycles. The molecule has 0 saturated carbocycles. The first-order valence-corrected chi connectivity index (χ1v) is 13.9. The van der Waals surface area contributed by atoms with E-state index in [2.05, 4.69) is 115 Å². The third kappa shape index (κ3) is 10.4. The summed E-state index contributed by atoms with van der Waals surface area (Å²) in [6.07, 6.45) is 1.04. The van der Waals surface area contributed by atoms with Gasteiger partial charge in [0.15, 0.2) is 0 Å². The monoisotopic (exact) mass is 532 g/mol. The van der Waals surface area contributed by atoms with Crippen LogP contribution in [0.3, 0.4) is 0 Å². The van der Waals surface area contributed by atoms with E-state index in [9.17, 15) is 0 Å². The van der Waals surface area contributed by atoms with E-state index in [1.165, 1.54) is 38.9 Å². The van der Waals surface area contributed by atoms with Crippen LogP contribution in [0.1, 0.15) is 65.2 Å². The van der Waals surface area contributed by atoms with Gasteiger partial charge in [0.1, 0.15) is 0 Å². The van der Waals surface area contributed by atoms with Crippen LogP contribution in [0.15, 0.2) is 66.7 Å². The lowest BCUT2D eigenvalue weighted by atomic mass is 9.75. The van der Waals surface area contributed by atoms with Gasteiger partial charge in [0.05, 0.1) is 0 Å². The number of rotatable bonds is 3. The first-order valence-electron chi connectivity index (χ1n) is 11.6. The summed E-state index contributed by atoms with van der Waals surface area (Å²) in [5.41, 5.74) is 9.85. The maximum atomic E-state index is 8.70. The van der Waals surface area contributed by atoms with Crippen LogP contribution in [0.5, 0.6) is 0 Å². The summed E-state index contributed by atoms with van der Waals surface area (Å²) < 4.78 is 17.4. The summed E-state index contributed by atoms with van der Waals surface area (Å²) in [4.78, 5) is 28.5. The van der Waals surface area contributed by atoms with Gasteiger partial charge in [0.2, 0.25) is 0 Å². The van der Waals surface area contributed by atoms with E-state index in [4.69, 9.17) is 28.7 Å². The Morgan fingerprint density at radius 1 is 0.639 bits per heavy atom. The van der Waals surface area contributed by atoms with E-state index < -0.39 is 16.5 Å². The van der Waals surface area contributed by atoms with Crippen molar-refractivity contribution in [3.05, 3.63) is 83.4 Å². The molecule has 194 valence electrons. The predicted octanol–water partition coefficient (Wildman–Crippen LogP) is 7.43. The van der Waals surface area contributed by atoms with Gasteiger partial charge >= 0.3 is 16.5 Å². The zero-order valence-electron chi connectivity index (χ0n) is 22.1. The fourth-order valence-electron chi connectivity index (χ4n) is 3.81. The van der Waals surface area contributed by atoms with E-state index in [1.54, 1.807) is 0 Å². The Balaban J connectivity index is 0.000000709. The molecule has 3 aromatic rings. The third-order valence-corrected chi connectivity index (χ3v) is 5.56. The normalized spacial score (nSPS) is 11.0.